The molecule has 0 atom stereocenters. The largest absolute Gasteiger partial charge is 0.478 e. The molecule has 0 radical (unpaired) electrons. The topological polar surface area (TPSA) is 80.7 Å². The van der Waals surface area contributed by atoms with Crippen molar-refractivity contribution in [3.05, 3.63) is 27.7 Å². The van der Waals surface area contributed by atoms with Crippen LogP contribution in [0.15, 0.2) is 17.0 Å². The quantitative estimate of drug-likeness (QED) is 0.877. The Kier molecular flexibility index (Phi) is 5.66. The SMILES string of the molecule is CC(C)(C)OCCS(=O)(=O)c1cc(C(=O)O)c(Cl)cc1Cl. The molecule has 0 bridgehead atoms. The van der Waals surface area contributed by atoms with Crippen LogP contribution in [0.4, 0.5) is 0 Å². The van der Waals surface area contributed by atoms with Crippen LogP contribution >= 0.6 is 23.2 Å². The van der Waals surface area contributed by atoms with Crippen molar-refractivity contribution >= 4 is 39.0 Å². The Morgan fingerprint density at radius 2 is 1.81 bits per heavy atom. The van der Waals surface area contributed by atoms with Crippen LogP contribution in [0.2, 0.25) is 10.0 Å². The van der Waals surface area contributed by atoms with Crippen LogP contribution < -0.4 is 0 Å². The zero-order chi connectivity index (χ0) is 16.4. The van der Waals surface area contributed by atoms with Gasteiger partial charge in [0.1, 0.15) is 0 Å². The molecule has 1 aromatic rings. The summed E-state index contributed by atoms with van der Waals surface area (Å²) in [7, 11) is -3.77. The van der Waals surface area contributed by atoms with E-state index in [1.165, 1.54) is 0 Å². The highest BCUT2D eigenvalue weighted by molar-refractivity contribution is 7.91. The molecule has 0 aromatic heterocycles. The van der Waals surface area contributed by atoms with E-state index in [1.54, 1.807) is 20.8 Å². The van der Waals surface area contributed by atoms with Crippen LogP contribution in [-0.4, -0.2) is 37.5 Å². The molecule has 118 valence electrons. The van der Waals surface area contributed by atoms with Crippen molar-refractivity contribution < 1.29 is 23.1 Å². The fourth-order valence-corrected chi connectivity index (χ4v) is 3.49. The minimum absolute atomic E-state index is 0.0206. The lowest BCUT2D eigenvalue weighted by Crippen LogP contribution is -2.24. The number of benzene rings is 1. The second kappa shape index (κ2) is 6.52. The van der Waals surface area contributed by atoms with Gasteiger partial charge in [-0.15, -0.1) is 0 Å². The smallest absolute Gasteiger partial charge is 0.337 e. The van der Waals surface area contributed by atoms with Crippen LogP contribution in [0.5, 0.6) is 0 Å². The molecule has 0 unspecified atom stereocenters. The van der Waals surface area contributed by atoms with Crippen LogP contribution in [0, 0.1) is 0 Å². The molecule has 1 aromatic carbocycles. The highest BCUT2D eigenvalue weighted by Gasteiger charge is 2.23. The summed E-state index contributed by atoms with van der Waals surface area (Å²) in [5.41, 5.74) is -0.776. The summed E-state index contributed by atoms with van der Waals surface area (Å²) in [6.07, 6.45) is 0. The second-order valence-electron chi connectivity index (χ2n) is 5.35. The van der Waals surface area contributed by atoms with E-state index in [1.807, 2.05) is 0 Å². The molecule has 0 saturated heterocycles. The normalized spacial score (nSPS) is 12.4. The average Bonchev–Trinajstić information content (AvgIpc) is 2.25. The minimum Gasteiger partial charge on any atom is -0.478 e. The zero-order valence-electron chi connectivity index (χ0n) is 11.8. The van der Waals surface area contributed by atoms with E-state index in [-0.39, 0.29) is 32.9 Å². The average molecular weight is 355 g/mol. The molecule has 0 saturated carbocycles. The Labute approximate surface area is 133 Å². The van der Waals surface area contributed by atoms with Crippen molar-refractivity contribution in [1.82, 2.24) is 0 Å². The Hall–Kier alpha value is -0.820. The molecule has 0 amide bonds. The fraction of sp³-hybridized carbons (Fsp3) is 0.462. The number of hydrogen-bond donors (Lipinski definition) is 1. The standard InChI is InChI=1S/C13H16Cl2O5S/c1-13(2,3)20-4-5-21(18,19)11-6-8(12(16)17)9(14)7-10(11)15/h6-7H,4-5H2,1-3H3,(H,16,17). The van der Waals surface area contributed by atoms with E-state index >= 15 is 0 Å². The molecule has 0 aliphatic heterocycles. The van der Waals surface area contributed by atoms with E-state index in [0.29, 0.717) is 0 Å². The molecule has 8 heteroatoms. The van der Waals surface area contributed by atoms with Gasteiger partial charge in [0.25, 0.3) is 0 Å². The molecule has 1 N–H and O–H groups in total. The number of ether oxygens (including phenoxy) is 1. The van der Waals surface area contributed by atoms with Gasteiger partial charge in [0.15, 0.2) is 9.84 Å². The molecule has 21 heavy (non-hydrogen) atoms. The van der Waals surface area contributed by atoms with Crippen molar-refractivity contribution in [2.24, 2.45) is 0 Å². The Bertz CT molecular complexity index is 647. The van der Waals surface area contributed by atoms with Crippen molar-refractivity contribution in [2.75, 3.05) is 12.4 Å². The van der Waals surface area contributed by atoms with Crippen LogP contribution in [0.3, 0.4) is 0 Å². The van der Waals surface area contributed by atoms with E-state index in [0.717, 1.165) is 12.1 Å². The molecule has 0 fully saturated rings. The van der Waals surface area contributed by atoms with Gasteiger partial charge in [-0.1, -0.05) is 23.2 Å². The number of sulfone groups is 1. The molecule has 5 nitrogen and oxygen atoms in total. The predicted octanol–water partition coefficient (Wildman–Crippen LogP) is 3.28. The number of carboxylic acids is 1. The van der Waals surface area contributed by atoms with Gasteiger partial charge in [-0.05, 0) is 32.9 Å². The fourth-order valence-electron chi connectivity index (χ4n) is 1.50. The van der Waals surface area contributed by atoms with E-state index in [2.05, 4.69) is 0 Å². The highest BCUT2D eigenvalue weighted by atomic mass is 35.5. The number of hydrogen-bond acceptors (Lipinski definition) is 4. The zero-order valence-corrected chi connectivity index (χ0v) is 14.1. The lowest BCUT2D eigenvalue weighted by Gasteiger charge is -2.19. The summed E-state index contributed by atoms with van der Waals surface area (Å²) in [6.45, 7) is 5.39. The number of carbonyl (C=O) groups is 1. The molecular weight excluding hydrogens is 339 g/mol. The molecular formula is C13H16Cl2O5S. The maximum absolute atomic E-state index is 12.2. The lowest BCUT2D eigenvalue weighted by atomic mass is 10.2. The summed E-state index contributed by atoms with van der Waals surface area (Å²) in [4.78, 5) is 10.8. The predicted molar refractivity (Wildman–Crippen MR) is 81.2 cm³/mol. The number of carboxylic acid groups (broad SMARTS) is 1. The number of halogens is 2. The maximum Gasteiger partial charge on any atom is 0.337 e. The summed E-state index contributed by atoms with van der Waals surface area (Å²) in [6, 6.07) is 2.09. The van der Waals surface area contributed by atoms with Gasteiger partial charge in [0.2, 0.25) is 0 Å². The first-order chi connectivity index (χ1) is 9.44. The molecule has 1 rings (SSSR count). The molecule has 0 spiro atoms. The first kappa shape index (κ1) is 18.2. The third-order valence-electron chi connectivity index (χ3n) is 2.47. The number of rotatable bonds is 5. The first-order valence-corrected chi connectivity index (χ1v) is 8.44. The Balaban J connectivity index is 3.08. The van der Waals surface area contributed by atoms with Gasteiger partial charge in [0.05, 0.1) is 38.5 Å². The van der Waals surface area contributed by atoms with Gasteiger partial charge in [-0.3, -0.25) is 0 Å². The Morgan fingerprint density at radius 3 is 2.29 bits per heavy atom. The van der Waals surface area contributed by atoms with Gasteiger partial charge in [-0.2, -0.15) is 0 Å². The third-order valence-corrected chi connectivity index (χ3v) is 4.92. The van der Waals surface area contributed by atoms with Crippen molar-refractivity contribution in [2.45, 2.75) is 31.3 Å². The number of aromatic carboxylic acids is 1. The van der Waals surface area contributed by atoms with Gasteiger partial charge in [0, 0.05) is 0 Å². The summed E-state index contributed by atoms with van der Waals surface area (Å²) in [5.74, 6) is -1.62. The van der Waals surface area contributed by atoms with E-state index in [9.17, 15) is 13.2 Å². The third kappa shape index (κ3) is 5.14. The first-order valence-electron chi connectivity index (χ1n) is 6.03. The molecule has 0 aliphatic carbocycles. The van der Waals surface area contributed by atoms with Crippen LogP contribution in [0.1, 0.15) is 31.1 Å². The minimum atomic E-state index is -3.77. The summed E-state index contributed by atoms with van der Waals surface area (Å²) >= 11 is 11.6. The van der Waals surface area contributed by atoms with Gasteiger partial charge in [-0.25, -0.2) is 13.2 Å². The lowest BCUT2D eigenvalue weighted by molar-refractivity contribution is 0.00644. The highest BCUT2D eigenvalue weighted by Crippen LogP contribution is 2.29. The van der Waals surface area contributed by atoms with Gasteiger partial charge < -0.3 is 9.84 Å². The van der Waals surface area contributed by atoms with Crippen molar-refractivity contribution in [1.29, 1.82) is 0 Å². The van der Waals surface area contributed by atoms with Crippen LogP contribution in [-0.2, 0) is 14.6 Å². The van der Waals surface area contributed by atoms with Crippen molar-refractivity contribution in [3.63, 3.8) is 0 Å². The molecule has 0 heterocycles. The Morgan fingerprint density at radius 1 is 1.24 bits per heavy atom. The van der Waals surface area contributed by atoms with E-state index in [4.69, 9.17) is 33.0 Å². The maximum atomic E-state index is 12.2. The summed E-state index contributed by atoms with van der Waals surface area (Å²) < 4.78 is 29.8. The molecule has 0 aliphatic rings. The summed E-state index contributed by atoms with van der Waals surface area (Å²) in [5, 5.41) is 8.76. The van der Waals surface area contributed by atoms with Gasteiger partial charge >= 0.3 is 5.97 Å². The van der Waals surface area contributed by atoms with Crippen LogP contribution in [0.25, 0.3) is 0 Å². The van der Waals surface area contributed by atoms with Crippen molar-refractivity contribution in [3.8, 4) is 0 Å². The van der Waals surface area contributed by atoms with E-state index < -0.39 is 21.4 Å². The second-order valence-corrected chi connectivity index (χ2v) is 8.24. The monoisotopic (exact) mass is 354 g/mol.